The van der Waals surface area contributed by atoms with Crippen LogP contribution in [0.15, 0.2) is 63.9 Å². The average molecular weight is 365 g/mol. The number of carbonyl (C=O) groups excluding carboxylic acids is 1. The van der Waals surface area contributed by atoms with E-state index in [1.54, 1.807) is 26.0 Å². The number of carbonyl (C=O) groups is 1. The maximum atomic E-state index is 12.3. The van der Waals surface area contributed by atoms with Gasteiger partial charge in [0.25, 0.3) is 11.1 Å². The molecule has 0 aliphatic rings. The lowest BCUT2D eigenvalue weighted by Gasteiger charge is -2.03. The van der Waals surface area contributed by atoms with Crippen LogP contribution in [0.5, 0.6) is 5.75 Å². The van der Waals surface area contributed by atoms with E-state index in [-0.39, 0.29) is 22.6 Å². The van der Waals surface area contributed by atoms with E-state index in [1.165, 1.54) is 6.33 Å². The fourth-order valence-corrected chi connectivity index (χ4v) is 2.87. The molecule has 0 spiro atoms. The van der Waals surface area contributed by atoms with E-state index in [9.17, 15) is 9.90 Å². The summed E-state index contributed by atoms with van der Waals surface area (Å²) >= 11 is 1.03. The molecule has 2 aromatic carbocycles. The number of phenols is 1. The van der Waals surface area contributed by atoms with E-state index in [2.05, 4.69) is 25.2 Å². The molecule has 0 saturated carbocycles. The summed E-state index contributed by atoms with van der Waals surface area (Å²) in [7, 11) is 0. The lowest BCUT2D eigenvalue weighted by molar-refractivity contribution is 0.108. The van der Waals surface area contributed by atoms with Crippen LogP contribution in [0.25, 0.3) is 0 Å². The number of hydrogen-bond donors (Lipinski definition) is 1. The molecule has 0 fully saturated rings. The van der Waals surface area contributed by atoms with Gasteiger partial charge in [0, 0.05) is 4.90 Å². The summed E-state index contributed by atoms with van der Waals surface area (Å²) in [5.74, 6) is 0.288. The molecule has 0 aliphatic heterocycles. The van der Waals surface area contributed by atoms with Gasteiger partial charge in [-0.05, 0) is 61.0 Å². The molecule has 0 amide bonds. The molecular formula is C18H15N5O2S. The normalized spacial score (nSPS) is 11.0. The smallest absolute Gasteiger partial charge is 0.272 e. The number of thioether (sulfide) groups is 1. The van der Waals surface area contributed by atoms with Crippen molar-refractivity contribution in [2.75, 3.05) is 0 Å². The molecule has 130 valence electrons. The van der Waals surface area contributed by atoms with Gasteiger partial charge in [-0.25, -0.2) is 4.98 Å². The summed E-state index contributed by atoms with van der Waals surface area (Å²) in [6.07, 6.45) is 1.23. The summed E-state index contributed by atoms with van der Waals surface area (Å²) in [5, 5.41) is 17.5. The van der Waals surface area contributed by atoms with E-state index in [1.807, 2.05) is 30.3 Å². The van der Waals surface area contributed by atoms with Crippen molar-refractivity contribution in [3.8, 4) is 5.75 Å². The molecule has 1 heterocycles. The number of hydrogen-bond acceptors (Lipinski definition) is 8. The number of aromatic nitrogens is 3. The third-order valence-corrected chi connectivity index (χ3v) is 4.30. The second-order valence-corrected chi connectivity index (χ2v) is 6.49. The van der Waals surface area contributed by atoms with E-state index in [0.717, 1.165) is 16.7 Å². The molecular weight excluding hydrogens is 350 g/mol. The number of azo groups is 1. The minimum atomic E-state index is -0.300. The first-order valence-electron chi connectivity index (χ1n) is 7.71. The van der Waals surface area contributed by atoms with Crippen molar-refractivity contribution in [3.05, 3.63) is 65.7 Å². The highest BCUT2D eigenvalue weighted by Crippen LogP contribution is 2.28. The molecule has 3 rings (SSSR count). The van der Waals surface area contributed by atoms with Crippen LogP contribution in [0.3, 0.4) is 0 Å². The van der Waals surface area contributed by atoms with Gasteiger partial charge in [-0.2, -0.15) is 9.97 Å². The van der Waals surface area contributed by atoms with Crippen LogP contribution in [0.4, 0.5) is 11.6 Å². The number of rotatable bonds is 4. The quantitative estimate of drug-likeness (QED) is 0.538. The van der Waals surface area contributed by atoms with Crippen LogP contribution < -0.4 is 0 Å². The Balaban J connectivity index is 1.78. The molecule has 8 heteroatoms. The summed E-state index contributed by atoms with van der Waals surface area (Å²) in [6.45, 7) is 3.56. The minimum Gasteiger partial charge on any atom is -0.507 e. The van der Waals surface area contributed by atoms with Crippen molar-refractivity contribution in [2.24, 2.45) is 10.2 Å². The SMILES string of the molecule is Cc1cc(/N=N/c2ncnc(C(=O)Sc3ccccc3)n2)cc(C)c1O. The minimum absolute atomic E-state index is 0.0147. The van der Waals surface area contributed by atoms with Crippen LogP contribution in [0.2, 0.25) is 0 Å². The fraction of sp³-hybridized carbons (Fsp3) is 0.111. The summed E-state index contributed by atoms with van der Waals surface area (Å²) in [4.78, 5) is 24.9. The number of nitrogens with zero attached hydrogens (tertiary/aromatic N) is 5. The van der Waals surface area contributed by atoms with Crippen LogP contribution in [-0.2, 0) is 0 Å². The highest BCUT2D eigenvalue weighted by Gasteiger charge is 2.12. The van der Waals surface area contributed by atoms with Crippen LogP contribution >= 0.6 is 11.8 Å². The van der Waals surface area contributed by atoms with Crippen molar-refractivity contribution < 1.29 is 9.90 Å². The predicted molar refractivity (Wildman–Crippen MR) is 98.2 cm³/mol. The van der Waals surface area contributed by atoms with Crippen molar-refractivity contribution in [1.29, 1.82) is 0 Å². The Morgan fingerprint density at radius 1 is 1.04 bits per heavy atom. The lowest BCUT2D eigenvalue weighted by Crippen LogP contribution is -2.01. The average Bonchev–Trinajstić information content (AvgIpc) is 2.65. The van der Waals surface area contributed by atoms with Crippen molar-refractivity contribution in [1.82, 2.24) is 15.0 Å². The first-order chi connectivity index (χ1) is 12.5. The van der Waals surface area contributed by atoms with Gasteiger partial charge in [0.05, 0.1) is 5.69 Å². The van der Waals surface area contributed by atoms with Gasteiger partial charge in [-0.1, -0.05) is 18.2 Å². The zero-order valence-electron chi connectivity index (χ0n) is 14.1. The molecule has 0 unspecified atom stereocenters. The Labute approximate surface area is 154 Å². The monoisotopic (exact) mass is 365 g/mol. The largest absolute Gasteiger partial charge is 0.507 e. The highest BCUT2D eigenvalue weighted by molar-refractivity contribution is 8.14. The number of phenolic OH excluding ortho intramolecular Hbond substituents is 1. The standard InChI is InChI=1S/C18H15N5O2S/c1-11-8-13(9-12(2)15(11)24)22-23-18-20-10-19-16(21-18)17(25)26-14-6-4-3-5-7-14/h3-10,24H,1-2H3/b23-22+. The van der Waals surface area contributed by atoms with E-state index in [4.69, 9.17) is 0 Å². The maximum Gasteiger partial charge on any atom is 0.272 e. The molecule has 0 bridgehead atoms. The molecule has 0 radical (unpaired) electrons. The summed E-state index contributed by atoms with van der Waals surface area (Å²) < 4.78 is 0. The van der Waals surface area contributed by atoms with Crippen LogP contribution in [-0.4, -0.2) is 25.2 Å². The highest BCUT2D eigenvalue weighted by atomic mass is 32.2. The molecule has 3 aromatic rings. The first-order valence-corrected chi connectivity index (χ1v) is 8.53. The first kappa shape index (κ1) is 17.7. The second-order valence-electron chi connectivity index (χ2n) is 5.44. The van der Waals surface area contributed by atoms with Crippen LogP contribution in [0, 0.1) is 13.8 Å². The van der Waals surface area contributed by atoms with Gasteiger partial charge >= 0.3 is 0 Å². The summed E-state index contributed by atoms with van der Waals surface area (Å²) in [5.41, 5.74) is 1.96. The Kier molecular flexibility index (Phi) is 5.33. The maximum absolute atomic E-state index is 12.3. The van der Waals surface area contributed by atoms with Gasteiger partial charge in [0.15, 0.2) is 0 Å². The van der Waals surface area contributed by atoms with Crippen molar-refractivity contribution in [2.45, 2.75) is 18.7 Å². The van der Waals surface area contributed by atoms with E-state index < -0.39 is 0 Å². The molecule has 7 nitrogen and oxygen atoms in total. The zero-order chi connectivity index (χ0) is 18.5. The fourth-order valence-electron chi connectivity index (χ4n) is 2.17. The van der Waals surface area contributed by atoms with Crippen LogP contribution in [0.1, 0.15) is 21.7 Å². The van der Waals surface area contributed by atoms with E-state index >= 15 is 0 Å². The Hall–Kier alpha value is -3.13. The Morgan fingerprint density at radius 2 is 1.73 bits per heavy atom. The molecule has 0 atom stereocenters. The Bertz CT molecular complexity index is 953. The molecule has 0 saturated heterocycles. The number of benzene rings is 2. The molecule has 1 aromatic heterocycles. The number of aryl methyl sites for hydroxylation is 2. The Morgan fingerprint density at radius 3 is 2.42 bits per heavy atom. The van der Waals surface area contributed by atoms with Crippen molar-refractivity contribution in [3.63, 3.8) is 0 Å². The third kappa shape index (κ3) is 4.28. The second kappa shape index (κ2) is 7.83. The lowest BCUT2D eigenvalue weighted by atomic mass is 10.1. The predicted octanol–water partition coefficient (Wildman–Crippen LogP) is 4.54. The topological polar surface area (TPSA) is 101 Å². The zero-order valence-corrected chi connectivity index (χ0v) is 14.9. The van der Waals surface area contributed by atoms with Gasteiger partial charge in [0.1, 0.15) is 12.1 Å². The van der Waals surface area contributed by atoms with Gasteiger partial charge in [-0.3, -0.25) is 4.79 Å². The molecule has 1 N–H and O–H groups in total. The summed E-state index contributed by atoms with van der Waals surface area (Å²) in [6, 6.07) is 12.6. The third-order valence-electron chi connectivity index (χ3n) is 3.43. The van der Waals surface area contributed by atoms with Gasteiger partial charge < -0.3 is 5.11 Å². The number of aromatic hydroxyl groups is 1. The van der Waals surface area contributed by atoms with Gasteiger partial charge in [-0.15, -0.1) is 10.2 Å². The van der Waals surface area contributed by atoms with Gasteiger partial charge in [0.2, 0.25) is 5.82 Å². The molecule has 26 heavy (non-hydrogen) atoms. The molecule has 0 aliphatic carbocycles. The van der Waals surface area contributed by atoms with E-state index in [0.29, 0.717) is 16.8 Å². The van der Waals surface area contributed by atoms with Crippen molar-refractivity contribution >= 4 is 28.5 Å².